The third kappa shape index (κ3) is 7.68. The Morgan fingerprint density at radius 1 is 0.964 bits per heavy atom. The molecule has 0 saturated carbocycles. The molecule has 148 valence electrons. The monoisotopic (exact) mass is 404 g/mol. The van der Waals surface area contributed by atoms with Gasteiger partial charge in [0.2, 0.25) is 5.91 Å². The SMILES string of the molecule is O=C(C[C@@H](NCCNC(=S)Nc1ccccc1)C(=O)O)Nc1ccc(F)cc1. The number of anilines is 2. The molecule has 2 rings (SSSR count). The summed E-state index contributed by atoms with van der Waals surface area (Å²) in [4.78, 5) is 23.4. The Bertz CT molecular complexity index is 803. The molecule has 0 aliphatic carbocycles. The van der Waals surface area contributed by atoms with Gasteiger partial charge in [-0.25, -0.2) is 4.39 Å². The van der Waals surface area contributed by atoms with Crippen LogP contribution in [0.1, 0.15) is 6.42 Å². The Morgan fingerprint density at radius 3 is 2.25 bits per heavy atom. The predicted molar refractivity (Wildman–Crippen MR) is 110 cm³/mol. The average molecular weight is 404 g/mol. The van der Waals surface area contributed by atoms with Gasteiger partial charge in [-0.15, -0.1) is 0 Å². The summed E-state index contributed by atoms with van der Waals surface area (Å²) in [6.07, 6.45) is -0.264. The molecule has 0 spiro atoms. The Hall–Kier alpha value is -3.04. The molecule has 0 aliphatic rings. The molecule has 1 amide bonds. The van der Waals surface area contributed by atoms with Crippen molar-refractivity contribution in [2.75, 3.05) is 23.7 Å². The van der Waals surface area contributed by atoms with Crippen molar-refractivity contribution in [2.45, 2.75) is 12.5 Å². The lowest BCUT2D eigenvalue weighted by Gasteiger charge is -2.15. The summed E-state index contributed by atoms with van der Waals surface area (Å²) in [6, 6.07) is 13.5. The van der Waals surface area contributed by atoms with Gasteiger partial charge in [0.05, 0.1) is 6.42 Å². The van der Waals surface area contributed by atoms with Crippen LogP contribution in [0.3, 0.4) is 0 Å². The van der Waals surface area contributed by atoms with Crippen LogP contribution in [0.4, 0.5) is 15.8 Å². The van der Waals surface area contributed by atoms with E-state index in [9.17, 15) is 19.1 Å². The first-order valence-corrected chi connectivity index (χ1v) is 8.96. The molecule has 2 aromatic carbocycles. The van der Waals surface area contributed by atoms with E-state index in [2.05, 4.69) is 21.3 Å². The lowest BCUT2D eigenvalue weighted by Crippen LogP contribution is -2.43. The van der Waals surface area contributed by atoms with Gasteiger partial charge in [0, 0.05) is 24.5 Å². The van der Waals surface area contributed by atoms with E-state index in [1.165, 1.54) is 24.3 Å². The van der Waals surface area contributed by atoms with Gasteiger partial charge >= 0.3 is 5.97 Å². The normalized spacial score (nSPS) is 11.3. The third-order valence-electron chi connectivity index (χ3n) is 3.65. The summed E-state index contributed by atoms with van der Waals surface area (Å²) in [6.45, 7) is 0.666. The van der Waals surface area contributed by atoms with E-state index in [4.69, 9.17) is 12.2 Å². The Morgan fingerprint density at radius 2 is 1.61 bits per heavy atom. The minimum absolute atomic E-state index is 0.264. The highest BCUT2D eigenvalue weighted by Gasteiger charge is 2.20. The highest BCUT2D eigenvalue weighted by molar-refractivity contribution is 7.80. The molecule has 28 heavy (non-hydrogen) atoms. The summed E-state index contributed by atoms with van der Waals surface area (Å²) < 4.78 is 12.9. The van der Waals surface area contributed by atoms with Crippen LogP contribution >= 0.6 is 12.2 Å². The van der Waals surface area contributed by atoms with E-state index in [1.54, 1.807) is 0 Å². The highest BCUT2D eigenvalue weighted by Crippen LogP contribution is 2.09. The zero-order valence-electron chi connectivity index (χ0n) is 14.9. The molecule has 0 aliphatic heterocycles. The second-order valence-electron chi connectivity index (χ2n) is 5.85. The molecule has 0 aromatic heterocycles. The number of halogens is 1. The van der Waals surface area contributed by atoms with Gasteiger partial charge in [0.15, 0.2) is 5.11 Å². The van der Waals surface area contributed by atoms with E-state index >= 15 is 0 Å². The minimum Gasteiger partial charge on any atom is -0.480 e. The molecule has 0 saturated heterocycles. The molecule has 0 heterocycles. The predicted octanol–water partition coefficient (Wildman–Crippen LogP) is 2.18. The number of carboxylic acid groups (broad SMARTS) is 1. The second-order valence-corrected chi connectivity index (χ2v) is 6.26. The van der Waals surface area contributed by atoms with Crippen LogP contribution in [-0.2, 0) is 9.59 Å². The van der Waals surface area contributed by atoms with Crippen molar-refractivity contribution in [1.29, 1.82) is 0 Å². The van der Waals surface area contributed by atoms with E-state index in [0.29, 0.717) is 17.3 Å². The minimum atomic E-state index is -1.14. The number of carbonyl (C=O) groups excluding carboxylic acids is 1. The number of hydrogen-bond acceptors (Lipinski definition) is 4. The molecular weight excluding hydrogens is 383 g/mol. The summed E-state index contributed by atoms with van der Waals surface area (Å²) in [5.41, 5.74) is 1.24. The summed E-state index contributed by atoms with van der Waals surface area (Å²) in [5.74, 6) is -2.05. The first-order chi connectivity index (χ1) is 13.4. The van der Waals surface area contributed by atoms with Gasteiger partial charge in [-0.05, 0) is 48.6 Å². The van der Waals surface area contributed by atoms with Gasteiger partial charge in [-0.1, -0.05) is 18.2 Å². The van der Waals surface area contributed by atoms with Crippen molar-refractivity contribution in [2.24, 2.45) is 0 Å². The van der Waals surface area contributed by atoms with Crippen LogP contribution in [0.2, 0.25) is 0 Å². The average Bonchev–Trinajstić information content (AvgIpc) is 2.66. The van der Waals surface area contributed by atoms with Gasteiger partial charge in [0.25, 0.3) is 0 Å². The second kappa shape index (κ2) is 11.0. The van der Waals surface area contributed by atoms with Gasteiger partial charge < -0.3 is 26.4 Å². The van der Waals surface area contributed by atoms with Crippen LogP contribution in [0.15, 0.2) is 54.6 Å². The van der Waals surface area contributed by atoms with Crippen molar-refractivity contribution in [3.05, 3.63) is 60.4 Å². The number of hydrogen-bond donors (Lipinski definition) is 5. The highest BCUT2D eigenvalue weighted by atomic mass is 32.1. The lowest BCUT2D eigenvalue weighted by atomic mass is 10.2. The molecule has 0 unspecified atom stereocenters. The Kier molecular flexibility index (Phi) is 8.32. The third-order valence-corrected chi connectivity index (χ3v) is 3.89. The van der Waals surface area contributed by atoms with Crippen molar-refractivity contribution in [3.8, 4) is 0 Å². The molecule has 2 aromatic rings. The quantitative estimate of drug-likeness (QED) is 0.322. The number of para-hydroxylation sites is 1. The number of aliphatic carboxylic acids is 1. The lowest BCUT2D eigenvalue weighted by molar-refractivity contribution is -0.141. The fourth-order valence-electron chi connectivity index (χ4n) is 2.30. The number of nitrogens with one attached hydrogen (secondary N) is 4. The number of thiocarbonyl (C=S) groups is 1. The summed E-state index contributed by atoms with van der Waals surface area (Å²) in [5, 5.41) is 21.0. The first-order valence-electron chi connectivity index (χ1n) is 8.55. The van der Waals surface area contributed by atoms with Crippen molar-refractivity contribution in [3.63, 3.8) is 0 Å². The van der Waals surface area contributed by atoms with Crippen molar-refractivity contribution < 1.29 is 19.1 Å². The molecule has 9 heteroatoms. The Labute approximate surface area is 167 Å². The Balaban J connectivity index is 1.71. The van der Waals surface area contributed by atoms with E-state index < -0.39 is 23.7 Å². The number of amides is 1. The van der Waals surface area contributed by atoms with Gasteiger partial charge in [-0.2, -0.15) is 0 Å². The molecule has 1 atom stereocenters. The van der Waals surface area contributed by atoms with E-state index in [-0.39, 0.29) is 13.0 Å². The summed E-state index contributed by atoms with van der Waals surface area (Å²) in [7, 11) is 0. The van der Waals surface area contributed by atoms with Crippen LogP contribution in [0, 0.1) is 5.82 Å². The number of carboxylic acids is 1. The maximum atomic E-state index is 12.9. The topological polar surface area (TPSA) is 102 Å². The molecule has 0 radical (unpaired) electrons. The molecule has 0 fully saturated rings. The number of carbonyl (C=O) groups is 2. The van der Waals surface area contributed by atoms with Crippen LogP contribution in [-0.4, -0.2) is 41.2 Å². The fraction of sp³-hybridized carbons (Fsp3) is 0.211. The number of benzene rings is 2. The summed E-state index contributed by atoms with van der Waals surface area (Å²) >= 11 is 5.16. The maximum absolute atomic E-state index is 12.9. The van der Waals surface area contributed by atoms with Gasteiger partial charge in [0.1, 0.15) is 11.9 Å². The molecular formula is C19H21FN4O3S. The largest absolute Gasteiger partial charge is 0.480 e. The van der Waals surface area contributed by atoms with Crippen LogP contribution in [0.5, 0.6) is 0 Å². The number of rotatable bonds is 9. The van der Waals surface area contributed by atoms with E-state index in [1.807, 2.05) is 30.3 Å². The molecule has 0 bridgehead atoms. The standard InChI is InChI=1S/C19H21FN4O3S/c20-13-6-8-15(9-7-13)23-17(25)12-16(18(26)27)21-10-11-22-19(28)24-14-4-2-1-3-5-14/h1-9,16,21H,10-12H2,(H,23,25)(H,26,27)(H2,22,24,28)/t16-/m1/s1. The fourth-order valence-corrected chi connectivity index (χ4v) is 2.52. The van der Waals surface area contributed by atoms with Crippen LogP contribution < -0.4 is 21.3 Å². The molecule has 7 nitrogen and oxygen atoms in total. The van der Waals surface area contributed by atoms with Gasteiger partial charge in [-0.3, -0.25) is 9.59 Å². The van der Waals surface area contributed by atoms with Crippen LogP contribution in [0.25, 0.3) is 0 Å². The zero-order chi connectivity index (χ0) is 20.4. The maximum Gasteiger partial charge on any atom is 0.321 e. The molecule has 5 N–H and O–H groups in total. The van der Waals surface area contributed by atoms with Crippen molar-refractivity contribution >= 4 is 40.6 Å². The smallest absolute Gasteiger partial charge is 0.321 e. The first kappa shape index (κ1) is 21.3. The zero-order valence-corrected chi connectivity index (χ0v) is 15.8. The van der Waals surface area contributed by atoms with Crippen molar-refractivity contribution in [1.82, 2.24) is 10.6 Å². The van der Waals surface area contributed by atoms with E-state index in [0.717, 1.165) is 5.69 Å².